The molecule has 0 aliphatic carbocycles. The summed E-state index contributed by atoms with van der Waals surface area (Å²) in [6, 6.07) is 28.8. The highest BCUT2D eigenvalue weighted by Gasteiger charge is 2.35. The Morgan fingerprint density at radius 2 is 1.45 bits per heavy atom. The minimum absolute atomic E-state index is 0.0885. The lowest BCUT2D eigenvalue weighted by Gasteiger charge is -2.34. The van der Waals surface area contributed by atoms with Gasteiger partial charge in [0.1, 0.15) is 18.4 Å². The Kier molecular flexibility index (Phi) is 10.9. The number of sulfonamides is 1. The van der Waals surface area contributed by atoms with E-state index in [9.17, 15) is 22.4 Å². The Labute approximate surface area is 259 Å². The molecule has 230 valence electrons. The summed E-state index contributed by atoms with van der Waals surface area (Å²) in [5, 5.41) is 3.03. The first-order valence-electron chi connectivity index (χ1n) is 14.6. The molecule has 2 unspecified atom stereocenters. The molecule has 0 aromatic heterocycles. The van der Waals surface area contributed by atoms with Gasteiger partial charge >= 0.3 is 0 Å². The number of benzene rings is 4. The molecule has 4 aromatic rings. The lowest BCUT2D eigenvalue weighted by molar-refractivity contribution is -0.140. The van der Waals surface area contributed by atoms with Gasteiger partial charge in [-0.1, -0.05) is 85.3 Å². The van der Waals surface area contributed by atoms with Gasteiger partial charge in [0, 0.05) is 19.0 Å². The maximum Gasteiger partial charge on any atom is 0.264 e. The van der Waals surface area contributed by atoms with E-state index < -0.39 is 34.3 Å². The summed E-state index contributed by atoms with van der Waals surface area (Å²) in [5.74, 6) is -1.45. The number of nitrogens with one attached hydrogen (secondary N) is 1. The van der Waals surface area contributed by atoms with Crippen molar-refractivity contribution in [1.82, 2.24) is 10.2 Å². The summed E-state index contributed by atoms with van der Waals surface area (Å²) in [5.41, 5.74) is 2.92. The summed E-state index contributed by atoms with van der Waals surface area (Å²) >= 11 is 0. The van der Waals surface area contributed by atoms with Crippen LogP contribution >= 0.6 is 0 Å². The van der Waals surface area contributed by atoms with Gasteiger partial charge in [-0.2, -0.15) is 0 Å². The second kappa shape index (κ2) is 14.8. The number of halogens is 1. The van der Waals surface area contributed by atoms with Crippen molar-refractivity contribution in [2.24, 2.45) is 0 Å². The molecular weight excluding hydrogens is 577 g/mol. The Morgan fingerprint density at radius 3 is 2.07 bits per heavy atom. The third-order valence-corrected chi connectivity index (χ3v) is 9.22. The predicted octanol–water partition coefficient (Wildman–Crippen LogP) is 5.88. The number of anilines is 1. The molecule has 0 aliphatic rings. The number of carbonyl (C=O) groups excluding carboxylic acids is 2. The molecule has 0 spiro atoms. The molecule has 2 atom stereocenters. The van der Waals surface area contributed by atoms with Gasteiger partial charge in [-0.3, -0.25) is 13.9 Å². The maximum atomic E-state index is 14.4. The second-order valence-electron chi connectivity index (χ2n) is 10.8. The molecule has 44 heavy (non-hydrogen) atoms. The van der Waals surface area contributed by atoms with Gasteiger partial charge in [0.2, 0.25) is 11.8 Å². The summed E-state index contributed by atoms with van der Waals surface area (Å²) in [6.07, 6.45) is 0.935. The number of amides is 2. The van der Waals surface area contributed by atoms with Crippen LogP contribution in [0, 0.1) is 12.7 Å². The maximum absolute atomic E-state index is 14.4. The third-order valence-electron chi connectivity index (χ3n) is 7.43. The zero-order valence-corrected chi connectivity index (χ0v) is 26.0. The number of nitrogens with zero attached hydrogens (tertiary/aromatic N) is 2. The monoisotopic (exact) mass is 615 g/mol. The van der Waals surface area contributed by atoms with Crippen molar-refractivity contribution < 1.29 is 22.4 Å². The van der Waals surface area contributed by atoms with Crippen molar-refractivity contribution in [3.05, 3.63) is 132 Å². The van der Waals surface area contributed by atoms with Crippen molar-refractivity contribution in [3.63, 3.8) is 0 Å². The van der Waals surface area contributed by atoms with Crippen LogP contribution < -0.4 is 9.62 Å². The second-order valence-corrected chi connectivity index (χ2v) is 12.7. The van der Waals surface area contributed by atoms with E-state index in [0.717, 1.165) is 33.1 Å². The first kappa shape index (κ1) is 32.4. The molecule has 7 nitrogen and oxygen atoms in total. The van der Waals surface area contributed by atoms with E-state index in [1.54, 1.807) is 30.3 Å². The van der Waals surface area contributed by atoms with E-state index in [1.165, 1.54) is 17.0 Å². The van der Waals surface area contributed by atoms with E-state index in [-0.39, 0.29) is 35.5 Å². The topological polar surface area (TPSA) is 86.8 Å². The van der Waals surface area contributed by atoms with E-state index in [4.69, 9.17) is 0 Å². The van der Waals surface area contributed by atoms with Crippen LogP contribution in [0.1, 0.15) is 37.0 Å². The van der Waals surface area contributed by atoms with Gasteiger partial charge in [0.05, 0.1) is 10.6 Å². The van der Waals surface area contributed by atoms with Crippen molar-refractivity contribution in [1.29, 1.82) is 0 Å². The molecular formula is C35H38FN3O4S. The first-order chi connectivity index (χ1) is 21.1. The molecule has 0 bridgehead atoms. The molecule has 0 aliphatic heterocycles. The first-order valence-corrected chi connectivity index (χ1v) is 16.0. The van der Waals surface area contributed by atoms with Gasteiger partial charge < -0.3 is 10.2 Å². The van der Waals surface area contributed by atoms with Gasteiger partial charge in [0.15, 0.2) is 0 Å². The highest BCUT2D eigenvalue weighted by Crippen LogP contribution is 2.25. The molecule has 0 saturated heterocycles. The predicted molar refractivity (Wildman–Crippen MR) is 171 cm³/mol. The smallest absolute Gasteiger partial charge is 0.264 e. The van der Waals surface area contributed by atoms with Crippen LogP contribution in [0.4, 0.5) is 10.1 Å². The molecule has 0 fully saturated rings. The van der Waals surface area contributed by atoms with Crippen LogP contribution in [-0.4, -0.2) is 43.8 Å². The number of hydrogen-bond acceptors (Lipinski definition) is 4. The average Bonchev–Trinajstić information content (AvgIpc) is 3.02. The SMILES string of the molecule is CCC(C)NC(=O)C(Cc1ccccc1)N(Cc1cccc(C)c1)C(=O)CN(c1ccccc1)S(=O)(=O)c1ccc(F)cc1. The molecule has 9 heteroatoms. The Hall–Kier alpha value is -4.50. The number of rotatable bonds is 13. The number of para-hydroxylation sites is 1. The minimum atomic E-state index is -4.29. The normalized spacial score (nSPS) is 12.6. The quantitative estimate of drug-likeness (QED) is 0.203. The van der Waals surface area contributed by atoms with Crippen molar-refractivity contribution in [3.8, 4) is 0 Å². The molecule has 2 amide bonds. The fraction of sp³-hybridized carbons (Fsp3) is 0.257. The van der Waals surface area contributed by atoms with Crippen LogP contribution in [0.25, 0.3) is 0 Å². The largest absolute Gasteiger partial charge is 0.352 e. The van der Waals surface area contributed by atoms with Gasteiger partial charge in [-0.05, 0) is 67.8 Å². The van der Waals surface area contributed by atoms with Crippen molar-refractivity contribution in [2.45, 2.75) is 57.1 Å². The standard InChI is InChI=1S/C35H38FN3O4S/c1-4-27(3)37-35(41)33(23-28-13-7-5-8-14-28)38(24-29-15-11-12-26(2)22-29)34(40)25-39(31-16-9-6-10-17-31)44(42,43)32-20-18-30(36)19-21-32/h5-22,27,33H,4,23-25H2,1-3H3,(H,37,41). The minimum Gasteiger partial charge on any atom is -0.352 e. The lowest BCUT2D eigenvalue weighted by Crippen LogP contribution is -2.54. The number of aryl methyl sites for hydroxylation is 1. The Morgan fingerprint density at radius 1 is 0.841 bits per heavy atom. The van der Waals surface area contributed by atoms with Crippen LogP contribution in [-0.2, 0) is 32.6 Å². The highest BCUT2D eigenvalue weighted by atomic mass is 32.2. The zero-order valence-electron chi connectivity index (χ0n) is 25.2. The molecule has 0 saturated carbocycles. The van der Waals surface area contributed by atoms with Gasteiger partial charge in [0.25, 0.3) is 10.0 Å². The lowest BCUT2D eigenvalue weighted by atomic mass is 10.0. The Bertz CT molecular complexity index is 1650. The van der Waals surface area contributed by atoms with Crippen molar-refractivity contribution in [2.75, 3.05) is 10.8 Å². The van der Waals surface area contributed by atoms with Gasteiger partial charge in [-0.25, -0.2) is 12.8 Å². The average molecular weight is 616 g/mol. The van der Waals surface area contributed by atoms with Gasteiger partial charge in [-0.15, -0.1) is 0 Å². The summed E-state index contributed by atoms with van der Waals surface area (Å²) in [6.45, 7) is 5.32. The number of carbonyl (C=O) groups is 2. The highest BCUT2D eigenvalue weighted by molar-refractivity contribution is 7.92. The third kappa shape index (κ3) is 8.32. The summed E-state index contributed by atoms with van der Waals surface area (Å²) < 4.78 is 42.6. The Balaban J connectivity index is 1.79. The van der Waals surface area contributed by atoms with E-state index >= 15 is 0 Å². The van der Waals surface area contributed by atoms with Crippen LogP contribution in [0.3, 0.4) is 0 Å². The number of hydrogen-bond donors (Lipinski definition) is 1. The molecule has 4 aromatic carbocycles. The van der Waals surface area contributed by atoms with Crippen molar-refractivity contribution >= 4 is 27.5 Å². The molecule has 4 rings (SSSR count). The summed E-state index contributed by atoms with van der Waals surface area (Å²) in [7, 11) is -4.29. The molecule has 1 N–H and O–H groups in total. The van der Waals surface area contributed by atoms with E-state index in [0.29, 0.717) is 6.42 Å². The van der Waals surface area contributed by atoms with E-state index in [1.807, 2.05) is 75.4 Å². The molecule has 0 heterocycles. The zero-order chi connectivity index (χ0) is 31.7. The van der Waals surface area contributed by atoms with Crippen LogP contribution in [0.2, 0.25) is 0 Å². The summed E-state index contributed by atoms with van der Waals surface area (Å²) in [4.78, 5) is 29.6. The fourth-order valence-electron chi connectivity index (χ4n) is 4.86. The van der Waals surface area contributed by atoms with E-state index in [2.05, 4.69) is 5.32 Å². The fourth-order valence-corrected chi connectivity index (χ4v) is 6.27. The van der Waals surface area contributed by atoms with Crippen LogP contribution in [0.15, 0.2) is 114 Å². The van der Waals surface area contributed by atoms with Crippen LogP contribution in [0.5, 0.6) is 0 Å². The molecule has 0 radical (unpaired) electrons.